The number of rotatable bonds is 3. The number of carboxylic acid groups (broad SMARTS) is 1. The first-order chi connectivity index (χ1) is 12.6. The lowest BCUT2D eigenvalue weighted by atomic mass is 9.97. The Labute approximate surface area is 152 Å². The molecule has 0 saturated carbocycles. The first kappa shape index (κ1) is 16.5. The van der Waals surface area contributed by atoms with Crippen molar-refractivity contribution in [2.75, 3.05) is 18.0 Å². The molecule has 4 rings (SSSR count). The zero-order valence-corrected chi connectivity index (χ0v) is 14.7. The van der Waals surface area contributed by atoms with Crippen molar-refractivity contribution in [1.29, 1.82) is 0 Å². The van der Waals surface area contributed by atoms with Gasteiger partial charge in [-0.25, -0.2) is 4.98 Å². The fraction of sp³-hybridized carbons (Fsp3) is 0.286. The van der Waals surface area contributed by atoms with E-state index in [0.29, 0.717) is 12.8 Å². The number of nitrogens with zero attached hydrogens (tertiary/aromatic N) is 3. The van der Waals surface area contributed by atoms with Crippen molar-refractivity contribution >= 4 is 22.7 Å². The zero-order chi connectivity index (χ0) is 18.1. The fourth-order valence-corrected chi connectivity index (χ4v) is 3.55. The van der Waals surface area contributed by atoms with Crippen molar-refractivity contribution in [2.24, 2.45) is 5.92 Å². The quantitative estimate of drug-likeness (QED) is 0.778. The maximum atomic E-state index is 11.1. The second-order valence-corrected chi connectivity index (χ2v) is 6.86. The molecule has 5 nitrogen and oxygen atoms in total. The van der Waals surface area contributed by atoms with Gasteiger partial charge in [0, 0.05) is 30.4 Å². The third-order valence-corrected chi connectivity index (χ3v) is 5.07. The highest BCUT2D eigenvalue weighted by Crippen LogP contribution is 2.27. The first-order valence-electron chi connectivity index (χ1n) is 8.92. The topological polar surface area (TPSA) is 66.3 Å². The molecule has 26 heavy (non-hydrogen) atoms. The fourth-order valence-electron chi connectivity index (χ4n) is 3.55. The maximum Gasteiger partial charge on any atom is 0.306 e. The molecule has 1 saturated heterocycles. The van der Waals surface area contributed by atoms with E-state index in [9.17, 15) is 4.79 Å². The van der Waals surface area contributed by atoms with Crippen LogP contribution in [0.2, 0.25) is 0 Å². The summed E-state index contributed by atoms with van der Waals surface area (Å²) in [5.74, 6) is 0.0157. The Morgan fingerprint density at radius 1 is 1.08 bits per heavy atom. The van der Waals surface area contributed by atoms with E-state index >= 15 is 0 Å². The monoisotopic (exact) mass is 347 g/mol. The average molecular weight is 347 g/mol. The van der Waals surface area contributed by atoms with E-state index in [0.717, 1.165) is 46.6 Å². The van der Waals surface area contributed by atoms with Gasteiger partial charge in [0.05, 0.1) is 11.4 Å². The number of hydrogen-bond acceptors (Lipinski definition) is 4. The molecule has 0 unspecified atom stereocenters. The van der Waals surface area contributed by atoms with E-state index in [2.05, 4.69) is 34.1 Å². The number of anilines is 1. The number of aliphatic carboxylic acids is 1. The van der Waals surface area contributed by atoms with Gasteiger partial charge < -0.3 is 10.0 Å². The predicted octanol–water partition coefficient (Wildman–Crippen LogP) is 3.91. The lowest BCUT2D eigenvalue weighted by molar-refractivity contribution is -0.142. The Kier molecular flexibility index (Phi) is 4.29. The van der Waals surface area contributed by atoms with Gasteiger partial charge >= 0.3 is 5.97 Å². The van der Waals surface area contributed by atoms with E-state index in [-0.39, 0.29) is 5.92 Å². The van der Waals surface area contributed by atoms with Crippen LogP contribution in [0.15, 0.2) is 48.7 Å². The Morgan fingerprint density at radius 3 is 2.58 bits per heavy atom. The van der Waals surface area contributed by atoms with Crippen molar-refractivity contribution in [1.82, 2.24) is 9.97 Å². The van der Waals surface area contributed by atoms with Gasteiger partial charge in [-0.1, -0.05) is 6.07 Å². The van der Waals surface area contributed by atoms with Crippen LogP contribution in [0.3, 0.4) is 0 Å². The van der Waals surface area contributed by atoms with Crippen molar-refractivity contribution in [3.63, 3.8) is 0 Å². The van der Waals surface area contributed by atoms with E-state index in [1.807, 2.05) is 31.3 Å². The molecule has 0 spiro atoms. The van der Waals surface area contributed by atoms with Crippen LogP contribution in [0.1, 0.15) is 18.5 Å². The molecule has 0 aliphatic carbocycles. The van der Waals surface area contributed by atoms with Crippen LogP contribution in [-0.2, 0) is 4.79 Å². The molecule has 1 fully saturated rings. The van der Waals surface area contributed by atoms with Gasteiger partial charge in [0.15, 0.2) is 0 Å². The Hall–Kier alpha value is -2.95. The Bertz CT molecular complexity index is 962. The van der Waals surface area contributed by atoms with Gasteiger partial charge in [0.1, 0.15) is 5.82 Å². The molecule has 0 atom stereocenters. The van der Waals surface area contributed by atoms with Crippen molar-refractivity contribution in [3.8, 4) is 11.1 Å². The number of fused-ring (bicyclic) bond motifs is 1. The zero-order valence-electron chi connectivity index (χ0n) is 14.7. The molecule has 1 aliphatic heterocycles. The molecule has 3 aromatic rings. The van der Waals surface area contributed by atoms with Crippen LogP contribution in [0, 0.1) is 12.8 Å². The van der Waals surface area contributed by atoms with Crippen LogP contribution in [0.5, 0.6) is 0 Å². The van der Waals surface area contributed by atoms with Crippen LogP contribution in [0.25, 0.3) is 22.0 Å². The standard InChI is InChI=1S/C21H21N3O2/c1-14-12-17(6-9-22-14)16-2-4-19-18(13-16)3-5-20(23-19)24-10-7-15(8-11-24)21(25)26/h2-6,9,12-13,15H,7-8,10-11H2,1H3,(H,25,26). The lowest BCUT2D eigenvalue weighted by Gasteiger charge is -2.31. The molecule has 1 aliphatic rings. The number of carboxylic acids is 1. The smallest absolute Gasteiger partial charge is 0.306 e. The number of pyridine rings is 2. The number of piperidine rings is 1. The highest BCUT2D eigenvalue weighted by molar-refractivity contribution is 5.85. The minimum Gasteiger partial charge on any atom is -0.481 e. The third-order valence-electron chi connectivity index (χ3n) is 5.07. The molecule has 2 aromatic heterocycles. The normalized spacial score (nSPS) is 15.3. The summed E-state index contributed by atoms with van der Waals surface area (Å²) >= 11 is 0. The second kappa shape index (κ2) is 6.75. The van der Waals surface area contributed by atoms with E-state index in [1.54, 1.807) is 0 Å². The Morgan fingerprint density at radius 2 is 1.85 bits per heavy atom. The van der Waals surface area contributed by atoms with Gasteiger partial charge in [0.25, 0.3) is 0 Å². The van der Waals surface area contributed by atoms with Gasteiger partial charge in [0.2, 0.25) is 0 Å². The minimum atomic E-state index is -0.685. The molecule has 3 heterocycles. The SMILES string of the molecule is Cc1cc(-c2ccc3nc(N4CCC(C(=O)O)CC4)ccc3c2)ccn1. The second-order valence-electron chi connectivity index (χ2n) is 6.86. The van der Waals surface area contributed by atoms with Crippen LogP contribution >= 0.6 is 0 Å². The van der Waals surface area contributed by atoms with E-state index in [1.165, 1.54) is 0 Å². The average Bonchev–Trinajstić information content (AvgIpc) is 2.67. The molecule has 0 amide bonds. The van der Waals surface area contributed by atoms with Crippen molar-refractivity contribution < 1.29 is 9.90 Å². The van der Waals surface area contributed by atoms with Gasteiger partial charge in [-0.3, -0.25) is 9.78 Å². The molecule has 1 N–H and O–H groups in total. The maximum absolute atomic E-state index is 11.1. The summed E-state index contributed by atoms with van der Waals surface area (Å²) in [5.41, 5.74) is 4.26. The number of hydrogen-bond donors (Lipinski definition) is 1. The molecule has 0 radical (unpaired) electrons. The van der Waals surface area contributed by atoms with Crippen molar-refractivity contribution in [3.05, 3.63) is 54.4 Å². The van der Waals surface area contributed by atoms with E-state index in [4.69, 9.17) is 10.1 Å². The number of aryl methyl sites for hydroxylation is 1. The molecular weight excluding hydrogens is 326 g/mol. The van der Waals surface area contributed by atoms with Crippen LogP contribution < -0.4 is 4.90 Å². The summed E-state index contributed by atoms with van der Waals surface area (Å²) in [6.07, 6.45) is 3.18. The molecule has 132 valence electrons. The summed E-state index contributed by atoms with van der Waals surface area (Å²) < 4.78 is 0. The first-order valence-corrected chi connectivity index (χ1v) is 8.92. The van der Waals surface area contributed by atoms with Gasteiger partial charge in [-0.15, -0.1) is 0 Å². The lowest BCUT2D eigenvalue weighted by Crippen LogP contribution is -2.36. The molecular formula is C21H21N3O2. The summed E-state index contributed by atoms with van der Waals surface area (Å²) in [6, 6.07) is 14.5. The number of benzene rings is 1. The summed E-state index contributed by atoms with van der Waals surface area (Å²) in [6.45, 7) is 3.47. The Balaban J connectivity index is 1.59. The minimum absolute atomic E-state index is 0.224. The van der Waals surface area contributed by atoms with Gasteiger partial charge in [-0.05, 0) is 67.3 Å². The molecule has 0 bridgehead atoms. The van der Waals surface area contributed by atoms with Crippen LogP contribution in [0.4, 0.5) is 5.82 Å². The summed E-state index contributed by atoms with van der Waals surface area (Å²) in [5, 5.41) is 10.2. The predicted molar refractivity (Wildman–Crippen MR) is 102 cm³/mol. The molecule has 5 heteroatoms. The van der Waals surface area contributed by atoms with E-state index < -0.39 is 5.97 Å². The largest absolute Gasteiger partial charge is 0.481 e. The summed E-state index contributed by atoms with van der Waals surface area (Å²) in [4.78, 5) is 22.3. The van der Waals surface area contributed by atoms with Crippen molar-refractivity contribution in [2.45, 2.75) is 19.8 Å². The third kappa shape index (κ3) is 3.25. The van der Waals surface area contributed by atoms with Gasteiger partial charge in [-0.2, -0.15) is 0 Å². The highest BCUT2D eigenvalue weighted by Gasteiger charge is 2.25. The molecule has 1 aromatic carbocycles. The number of carbonyl (C=O) groups is 1. The summed E-state index contributed by atoms with van der Waals surface area (Å²) in [7, 11) is 0. The number of aromatic nitrogens is 2. The highest BCUT2D eigenvalue weighted by atomic mass is 16.4. The van der Waals surface area contributed by atoms with Crippen LogP contribution in [-0.4, -0.2) is 34.1 Å².